The average Bonchev–Trinajstić information content (AvgIpc) is 3.11. The molecule has 0 atom stereocenters. The van der Waals surface area contributed by atoms with E-state index in [9.17, 15) is 0 Å². The topological polar surface area (TPSA) is 8.81 Å². The Morgan fingerprint density at radius 1 is 0.880 bits per heavy atom. The van der Waals surface area contributed by atoms with Crippen molar-refractivity contribution in [3.8, 4) is 16.8 Å². The highest BCUT2D eigenvalue weighted by molar-refractivity contribution is 5.89. The van der Waals surface area contributed by atoms with Gasteiger partial charge in [0.05, 0.1) is 12.4 Å². The van der Waals surface area contributed by atoms with Gasteiger partial charge in [0.25, 0.3) is 0 Å². The first-order chi connectivity index (χ1) is 11.7. The molecule has 1 aliphatic carbocycles. The number of rotatable bonds is 1. The van der Waals surface area contributed by atoms with Gasteiger partial charge in [-0.1, -0.05) is 54.6 Å². The minimum Gasteiger partial charge on any atom is -0.150 e. The molecule has 0 saturated carbocycles. The molecule has 0 N–H and O–H groups in total. The number of hydrogen-bond acceptors (Lipinski definition) is 0. The summed E-state index contributed by atoms with van der Waals surface area (Å²) in [4.78, 5) is 0. The third kappa shape index (κ3) is 2.21. The zero-order valence-corrected chi connectivity index (χ0v) is 14.0. The maximum Gasteiger partial charge on any atom is 0.238 e. The van der Waals surface area contributed by atoms with Crippen molar-refractivity contribution in [2.24, 2.45) is 7.05 Å². The molecule has 0 radical (unpaired) electrons. The predicted molar refractivity (Wildman–Crippen MR) is 104 cm³/mol. The van der Waals surface area contributed by atoms with Crippen molar-refractivity contribution in [2.45, 2.75) is 20.8 Å². The minimum atomic E-state index is 0. The van der Waals surface area contributed by atoms with E-state index in [0.717, 1.165) is 6.42 Å². The normalized spacial score (nSPS) is 11.9. The highest BCUT2D eigenvalue weighted by Crippen LogP contribution is 2.38. The number of hydrogen-bond donors (Lipinski definition) is 0. The van der Waals surface area contributed by atoms with Gasteiger partial charge < -0.3 is 0 Å². The molecule has 0 aliphatic heterocycles. The van der Waals surface area contributed by atoms with Crippen molar-refractivity contribution < 1.29 is 4.68 Å². The maximum atomic E-state index is 2.36. The van der Waals surface area contributed by atoms with E-state index in [1.807, 2.05) is 0 Å². The number of benzene rings is 3. The van der Waals surface area contributed by atoms with Crippen LogP contribution in [0.4, 0.5) is 0 Å². The van der Waals surface area contributed by atoms with Crippen LogP contribution in [0.5, 0.6) is 0 Å². The van der Waals surface area contributed by atoms with Crippen LogP contribution < -0.4 is 4.68 Å². The van der Waals surface area contributed by atoms with Crippen LogP contribution in [0.1, 0.15) is 24.1 Å². The third-order valence-electron chi connectivity index (χ3n) is 5.24. The fraction of sp³-hybridized carbons (Fsp3) is 0.174. The van der Waals surface area contributed by atoms with Crippen LogP contribution in [0, 0.1) is 6.92 Å². The van der Waals surface area contributed by atoms with Crippen LogP contribution in [0.25, 0.3) is 27.7 Å². The van der Waals surface area contributed by atoms with Gasteiger partial charge in [-0.25, -0.2) is 0 Å². The number of aryl methyl sites for hydroxylation is 2. The van der Waals surface area contributed by atoms with Gasteiger partial charge in [-0.05, 0) is 47.7 Å². The number of nitrogens with zero attached hydrogens (tertiary/aromatic N) is 2. The molecule has 2 nitrogen and oxygen atoms in total. The molecule has 0 spiro atoms. The molecule has 4 aromatic rings. The second-order valence-electron chi connectivity index (χ2n) is 6.69. The minimum absolute atomic E-state index is 0. The Labute approximate surface area is 149 Å². The first-order valence-corrected chi connectivity index (χ1v) is 8.41. The fourth-order valence-corrected chi connectivity index (χ4v) is 3.96. The Bertz CT molecular complexity index is 1100. The molecule has 3 aromatic carbocycles. The van der Waals surface area contributed by atoms with E-state index < -0.39 is 0 Å². The zero-order valence-electron chi connectivity index (χ0n) is 14.0. The number of para-hydroxylation sites is 1. The van der Waals surface area contributed by atoms with Crippen molar-refractivity contribution in [1.82, 2.24) is 4.68 Å². The summed E-state index contributed by atoms with van der Waals surface area (Å²) in [5.41, 5.74) is 9.44. The van der Waals surface area contributed by atoms with Crippen LogP contribution in [0.2, 0.25) is 0 Å². The van der Waals surface area contributed by atoms with Gasteiger partial charge in [-0.2, -0.15) is 4.68 Å². The van der Waals surface area contributed by atoms with E-state index in [-0.39, 0.29) is 7.43 Å². The van der Waals surface area contributed by atoms with Gasteiger partial charge in [-0.3, -0.25) is 0 Å². The van der Waals surface area contributed by atoms with E-state index in [1.54, 1.807) is 0 Å². The summed E-state index contributed by atoms with van der Waals surface area (Å²) in [5, 5.41) is 1.30. The van der Waals surface area contributed by atoms with Gasteiger partial charge in [0.2, 0.25) is 11.9 Å². The highest BCUT2D eigenvalue weighted by atomic mass is 15.4. The first-order valence-electron chi connectivity index (χ1n) is 8.41. The smallest absolute Gasteiger partial charge is 0.150 e. The predicted octanol–water partition coefficient (Wildman–Crippen LogP) is 4.97. The fourth-order valence-electron chi connectivity index (χ4n) is 3.96. The van der Waals surface area contributed by atoms with E-state index in [2.05, 4.69) is 90.2 Å². The van der Waals surface area contributed by atoms with Gasteiger partial charge in [0.15, 0.2) is 0 Å². The van der Waals surface area contributed by atoms with Crippen molar-refractivity contribution in [2.75, 3.05) is 0 Å². The van der Waals surface area contributed by atoms with Crippen LogP contribution >= 0.6 is 0 Å². The molecule has 1 heterocycles. The average molecular weight is 327 g/mol. The quantitative estimate of drug-likeness (QED) is 0.384. The van der Waals surface area contributed by atoms with Gasteiger partial charge in [0.1, 0.15) is 5.52 Å². The van der Waals surface area contributed by atoms with E-state index in [1.165, 1.54) is 44.4 Å². The summed E-state index contributed by atoms with van der Waals surface area (Å²) in [6.45, 7) is 2.16. The van der Waals surface area contributed by atoms with E-state index in [0.29, 0.717) is 0 Å². The second kappa shape index (κ2) is 5.59. The Kier molecular flexibility index (Phi) is 3.50. The summed E-state index contributed by atoms with van der Waals surface area (Å²) >= 11 is 0. The molecule has 25 heavy (non-hydrogen) atoms. The molecular weight excluding hydrogens is 304 g/mol. The summed E-state index contributed by atoms with van der Waals surface area (Å²) < 4.78 is 4.50. The monoisotopic (exact) mass is 327 g/mol. The lowest BCUT2D eigenvalue weighted by molar-refractivity contribution is -0.680. The largest absolute Gasteiger partial charge is 0.238 e. The molecule has 0 amide bonds. The van der Waals surface area contributed by atoms with Crippen molar-refractivity contribution in [3.63, 3.8) is 0 Å². The van der Waals surface area contributed by atoms with Crippen molar-refractivity contribution >= 4 is 10.9 Å². The van der Waals surface area contributed by atoms with Crippen LogP contribution in [-0.4, -0.2) is 4.68 Å². The lowest BCUT2D eigenvalue weighted by atomic mass is 10.0. The van der Waals surface area contributed by atoms with Gasteiger partial charge in [0, 0.05) is 11.6 Å². The van der Waals surface area contributed by atoms with Crippen molar-refractivity contribution in [3.05, 3.63) is 83.6 Å². The zero-order chi connectivity index (χ0) is 16.3. The molecule has 5 rings (SSSR count). The molecule has 0 saturated heterocycles. The Morgan fingerprint density at radius 3 is 2.48 bits per heavy atom. The standard InChI is InChI=1S/C22H19N2.CH4/c1-15-7-3-6-10-21(15)24-14-18-12-17-11-16-8-4-5-9-19(16)20(17)13-22(18)23(24)2;/h3-10,12-14H,11H2,1-2H3;1H4/q+1;. The molecule has 0 unspecified atom stereocenters. The van der Waals surface area contributed by atoms with Crippen LogP contribution in [-0.2, 0) is 13.5 Å². The summed E-state index contributed by atoms with van der Waals surface area (Å²) in [6.07, 6.45) is 3.29. The summed E-state index contributed by atoms with van der Waals surface area (Å²) in [6, 6.07) is 22.0. The summed E-state index contributed by atoms with van der Waals surface area (Å²) in [5.74, 6) is 0. The lowest BCUT2D eigenvalue weighted by Gasteiger charge is -2.02. The molecule has 2 heteroatoms. The Hall–Kier alpha value is -2.87. The number of fused-ring (bicyclic) bond motifs is 4. The molecule has 1 aliphatic rings. The maximum absolute atomic E-state index is 2.36. The van der Waals surface area contributed by atoms with Crippen LogP contribution in [0.15, 0.2) is 66.9 Å². The summed E-state index contributed by atoms with van der Waals surface area (Å²) in [7, 11) is 2.14. The van der Waals surface area contributed by atoms with Gasteiger partial charge in [-0.15, -0.1) is 0 Å². The lowest BCUT2D eigenvalue weighted by Crippen LogP contribution is -2.39. The first kappa shape index (κ1) is 15.6. The Balaban J connectivity index is 0.00000157. The van der Waals surface area contributed by atoms with Crippen LogP contribution in [0.3, 0.4) is 0 Å². The highest BCUT2D eigenvalue weighted by Gasteiger charge is 2.23. The second-order valence-corrected chi connectivity index (χ2v) is 6.69. The SMILES string of the molecule is C.Cc1ccccc1-[n+]1cc2cc3c(cc2n1C)-c1ccccc1C3. The van der Waals surface area contributed by atoms with E-state index in [4.69, 9.17) is 0 Å². The molecule has 124 valence electrons. The Morgan fingerprint density at radius 2 is 1.64 bits per heavy atom. The molecule has 1 aromatic heterocycles. The number of aromatic nitrogens is 2. The molecule has 0 bridgehead atoms. The third-order valence-corrected chi connectivity index (χ3v) is 5.24. The molecular formula is C23H23N2+. The van der Waals surface area contributed by atoms with E-state index >= 15 is 0 Å². The molecule has 0 fully saturated rings. The van der Waals surface area contributed by atoms with Gasteiger partial charge >= 0.3 is 0 Å². The van der Waals surface area contributed by atoms with Crippen molar-refractivity contribution in [1.29, 1.82) is 0 Å².